The summed E-state index contributed by atoms with van der Waals surface area (Å²) in [5.41, 5.74) is 0.469. The van der Waals surface area contributed by atoms with E-state index in [4.69, 9.17) is 4.42 Å². The van der Waals surface area contributed by atoms with Crippen LogP contribution >= 0.6 is 11.8 Å². The van der Waals surface area contributed by atoms with E-state index in [-0.39, 0.29) is 24.0 Å². The monoisotopic (exact) mass is 414 g/mol. The highest BCUT2D eigenvalue weighted by molar-refractivity contribution is 7.99. The SMILES string of the molecule is O=C(CSc1nnc(-c2ccco2)n1C1CCCCC1)NCc1ccccc1F. The number of hydrogen-bond donors (Lipinski definition) is 1. The second-order valence-corrected chi connectivity index (χ2v) is 8.04. The molecule has 0 unspecified atom stereocenters. The van der Waals surface area contributed by atoms with Gasteiger partial charge in [-0.05, 0) is 31.0 Å². The predicted octanol–water partition coefficient (Wildman–Crippen LogP) is 4.59. The minimum absolute atomic E-state index is 0.166. The third-order valence-electron chi connectivity index (χ3n) is 5.11. The molecule has 1 fully saturated rings. The highest BCUT2D eigenvalue weighted by atomic mass is 32.2. The van der Waals surface area contributed by atoms with E-state index in [2.05, 4.69) is 20.1 Å². The molecule has 1 aromatic carbocycles. The lowest BCUT2D eigenvalue weighted by atomic mass is 9.95. The Hall–Kier alpha value is -2.61. The summed E-state index contributed by atoms with van der Waals surface area (Å²) in [6, 6.07) is 10.4. The molecule has 152 valence electrons. The average molecular weight is 415 g/mol. The van der Waals surface area contributed by atoms with Crippen LogP contribution in [0.15, 0.2) is 52.2 Å². The molecule has 0 atom stereocenters. The minimum atomic E-state index is -0.319. The van der Waals surface area contributed by atoms with Crippen molar-refractivity contribution in [1.82, 2.24) is 20.1 Å². The van der Waals surface area contributed by atoms with E-state index in [1.807, 2.05) is 12.1 Å². The molecule has 1 N–H and O–H groups in total. The summed E-state index contributed by atoms with van der Waals surface area (Å²) in [5.74, 6) is 1.09. The van der Waals surface area contributed by atoms with Gasteiger partial charge in [0.1, 0.15) is 5.82 Å². The number of carbonyl (C=O) groups excluding carboxylic acids is 1. The van der Waals surface area contributed by atoms with Crippen molar-refractivity contribution >= 4 is 17.7 Å². The van der Waals surface area contributed by atoms with Gasteiger partial charge >= 0.3 is 0 Å². The second kappa shape index (κ2) is 9.26. The van der Waals surface area contributed by atoms with Crippen molar-refractivity contribution in [2.75, 3.05) is 5.75 Å². The van der Waals surface area contributed by atoms with Crippen molar-refractivity contribution in [3.8, 4) is 11.6 Å². The summed E-state index contributed by atoms with van der Waals surface area (Å²) in [6.07, 6.45) is 7.35. The number of hydrogen-bond acceptors (Lipinski definition) is 5. The van der Waals surface area contributed by atoms with Crippen LogP contribution in [0.1, 0.15) is 43.7 Å². The van der Waals surface area contributed by atoms with Gasteiger partial charge in [-0.25, -0.2) is 4.39 Å². The van der Waals surface area contributed by atoms with Crippen LogP contribution in [-0.2, 0) is 11.3 Å². The Balaban J connectivity index is 1.44. The number of carbonyl (C=O) groups is 1. The molecule has 2 aromatic heterocycles. The number of furan rings is 1. The van der Waals surface area contributed by atoms with Crippen LogP contribution in [0.3, 0.4) is 0 Å². The summed E-state index contributed by atoms with van der Waals surface area (Å²) in [6.45, 7) is 0.166. The number of halogens is 1. The van der Waals surface area contributed by atoms with Crippen LogP contribution in [0.5, 0.6) is 0 Å². The summed E-state index contributed by atoms with van der Waals surface area (Å²) >= 11 is 1.35. The van der Waals surface area contributed by atoms with E-state index in [1.54, 1.807) is 24.5 Å². The molecule has 0 bridgehead atoms. The third-order valence-corrected chi connectivity index (χ3v) is 6.06. The molecule has 8 heteroatoms. The number of nitrogens with one attached hydrogen (secondary N) is 1. The first-order valence-electron chi connectivity index (χ1n) is 9.84. The van der Waals surface area contributed by atoms with Crippen molar-refractivity contribution in [2.24, 2.45) is 0 Å². The maximum atomic E-state index is 13.7. The Morgan fingerprint density at radius 3 is 2.76 bits per heavy atom. The number of amides is 1. The van der Waals surface area contributed by atoms with E-state index >= 15 is 0 Å². The quantitative estimate of drug-likeness (QED) is 0.573. The Labute approximate surface area is 172 Å². The van der Waals surface area contributed by atoms with Gasteiger partial charge in [-0.15, -0.1) is 10.2 Å². The molecule has 3 aromatic rings. The second-order valence-electron chi connectivity index (χ2n) is 7.10. The first kappa shape index (κ1) is 19.7. The van der Waals surface area contributed by atoms with E-state index in [1.165, 1.54) is 37.1 Å². The van der Waals surface area contributed by atoms with Gasteiger partial charge < -0.3 is 9.73 Å². The fourth-order valence-corrected chi connectivity index (χ4v) is 4.47. The van der Waals surface area contributed by atoms with Gasteiger partial charge in [0.15, 0.2) is 10.9 Å². The van der Waals surface area contributed by atoms with Crippen LogP contribution in [0.4, 0.5) is 4.39 Å². The first-order valence-corrected chi connectivity index (χ1v) is 10.8. The van der Waals surface area contributed by atoms with E-state index in [0.29, 0.717) is 28.3 Å². The zero-order valence-electron chi connectivity index (χ0n) is 16.0. The molecule has 1 aliphatic rings. The third kappa shape index (κ3) is 4.70. The van der Waals surface area contributed by atoms with Crippen molar-refractivity contribution in [2.45, 2.75) is 49.8 Å². The molecule has 1 saturated carbocycles. The molecular weight excluding hydrogens is 391 g/mol. The highest BCUT2D eigenvalue weighted by Crippen LogP contribution is 2.35. The molecule has 0 spiro atoms. The van der Waals surface area contributed by atoms with Crippen LogP contribution in [0.2, 0.25) is 0 Å². The van der Waals surface area contributed by atoms with E-state index < -0.39 is 0 Å². The standard InChI is InChI=1S/C21H23FN4O2S/c22-17-10-5-4-7-15(17)13-23-19(27)14-29-21-25-24-20(18-11-6-12-28-18)26(21)16-8-2-1-3-9-16/h4-7,10-12,16H,1-3,8-9,13-14H2,(H,23,27). The Morgan fingerprint density at radius 2 is 2.00 bits per heavy atom. The molecule has 4 rings (SSSR count). The maximum absolute atomic E-state index is 13.7. The van der Waals surface area contributed by atoms with Gasteiger partial charge in [0.05, 0.1) is 12.0 Å². The van der Waals surface area contributed by atoms with Gasteiger partial charge in [-0.1, -0.05) is 49.2 Å². The Kier molecular flexibility index (Phi) is 6.29. The zero-order chi connectivity index (χ0) is 20.1. The molecule has 1 aliphatic carbocycles. The lowest BCUT2D eigenvalue weighted by Crippen LogP contribution is -2.25. The van der Waals surface area contributed by atoms with Crippen LogP contribution in [0.25, 0.3) is 11.6 Å². The number of rotatable bonds is 7. The molecule has 0 radical (unpaired) electrons. The maximum Gasteiger partial charge on any atom is 0.230 e. The fraction of sp³-hybridized carbons (Fsp3) is 0.381. The number of aromatic nitrogens is 3. The van der Waals surface area contributed by atoms with Gasteiger partial charge in [0, 0.05) is 18.2 Å². The Morgan fingerprint density at radius 1 is 1.17 bits per heavy atom. The summed E-state index contributed by atoms with van der Waals surface area (Å²) in [4.78, 5) is 12.3. The summed E-state index contributed by atoms with van der Waals surface area (Å²) < 4.78 is 21.4. The molecule has 0 aliphatic heterocycles. The molecule has 29 heavy (non-hydrogen) atoms. The topological polar surface area (TPSA) is 73.0 Å². The molecule has 1 amide bonds. The van der Waals surface area contributed by atoms with Gasteiger partial charge in [0.2, 0.25) is 11.7 Å². The first-order chi connectivity index (χ1) is 14.2. The molecule has 2 heterocycles. The smallest absolute Gasteiger partial charge is 0.230 e. The van der Waals surface area contributed by atoms with Crippen molar-refractivity contribution in [3.63, 3.8) is 0 Å². The van der Waals surface area contributed by atoms with Crippen molar-refractivity contribution in [3.05, 3.63) is 54.0 Å². The van der Waals surface area contributed by atoms with E-state index in [0.717, 1.165) is 12.8 Å². The van der Waals surface area contributed by atoms with E-state index in [9.17, 15) is 9.18 Å². The average Bonchev–Trinajstić information content (AvgIpc) is 3.42. The number of nitrogens with zero attached hydrogens (tertiary/aromatic N) is 3. The minimum Gasteiger partial charge on any atom is -0.461 e. The van der Waals surface area contributed by atoms with Gasteiger partial charge in [-0.3, -0.25) is 9.36 Å². The largest absolute Gasteiger partial charge is 0.461 e. The van der Waals surface area contributed by atoms with Crippen LogP contribution in [-0.4, -0.2) is 26.4 Å². The fourth-order valence-electron chi connectivity index (χ4n) is 3.63. The van der Waals surface area contributed by atoms with Gasteiger partial charge in [0.25, 0.3) is 0 Å². The summed E-state index contributed by atoms with van der Waals surface area (Å²) in [7, 11) is 0. The van der Waals surface area contributed by atoms with Gasteiger partial charge in [-0.2, -0.15) is 0 Å². The molecular formula is C21H23FN4O2S. The van der Waals surface area contributed by atoms with Crippen molar-refractivity contribution in [1.29, 1.82) is 0 Å². The Bertz CT molecular complexity index is 952. The van der Waals surface area contributed by atoms with Crippen LogP contribution < -0.4 is 5.32 Å². The zero-order valence-corrected chi connectivity index (χ0v) is 16.8. The predicted molar refractivity (Wildman–Crippen MR) is 109 cm³/mol. The lowest BCUT2D eigenvalue weighted by Gasteiger charge is -2.25. The number of thioether (sulfide) groups is 1. The molecule has 0 saturated heterocycles. The summed E-state index contributed by atoms with van der Waals surface area (Å²) in [5, 5.41) is 12.1. The van der Waals surface area contributed by atoms with Crippen LogP contribution in [0, 0.1) is 5.82 Å². The normalized spacial score (nSPS) is 14.8. The highest BCUT2D eigenvalue weighted by Gasteiger charge is 2.25. The number of benzene rings is 1. The molecule has 6 nitrogen and oxygen atoms in total. The lowest BCUT2D eigenvalue weighted by molar-refractivity contribution is -0.118. The van der Waals surface area contributed by atoms with Crippen molar-refractivity contribution < 1.29 is 13.6 Å².